The van der Waals surface area contributed by atoms with Crippen LogP contribution in [0, 0.1) is 0 Å². The molecule has 1 unspecified atom stereocenters. The molecular formula is C21H17Cl2N3O4. The van der Waals surface area contributed by atoms with E-state index in [9.17, 15) is 14.7 Å². The van der Waals surface area contributed by atoms with E-state index < -0.39 is 23.5 Å². The van der Waals surface area contributed by atoms with Crippen LogP contribution < -0.4 is 0 Å². The summed E-state index contributed by atoms with van der Waals surface area (Å²) in [6.45, 7) is 0.909. The molecular weight excluding hydrogens is 429 g/mol. The number of Topliss-reactive ketones (excluding diaryl/α,β-unsaturated/α-hetero) is 1. The first kappa shape index (κ1) is 20.3. The fourth-order valence-corrected chi connectivity index (χ4v) is 4.06. The van der Waals surface area contributed by atoms with Crippen molar-refractivity contribution in [1.82, 2.24) is 14.5 Å². The summed E-state index contributed by atoms with van der Waals surface area (Å²) < 4.78 is 7.08. The van der Waals surface area contributed by atoms with Gasteiger partial charge in [0.25, 0.3) is 5.91 Å². The molecule has 0 bridgehead atoms. The number of aryl methyl sites for hydroxylation is 1. The van der Waals surface area contributed by atoms with Gasteiger partial charge in [0.15, 0.2) is 11.5 Å². The summed E-state index contributed by atoms with van der Waals surface area (Å²) in [7, 11) is 0. The van der Waals surface area contributed by atoms with Gasteiger partial charge in [-0.3, -0.25) is 9.59 Å². The molecule has 3 aromatic rings. The van der Waals surface area contributed by atoms with Crippen LogP contribution >= 0.6 is 23.2 Å². The fourth-order valence-electron chi connectivity index (χ4n) is 3.55. The van der Waals surface area contributed by atoms with Crippen LogP contribution in [0.25, 0.3) is 0 Å². The number of carbonyl (C=O) groups is 2. The van der Waals surface area contributed by atoms with Crippen molar-refractivity contribution >= 4 is 34.9 Å². The zero-order valence-electron chi connectivity index (χ0n) is 15.7. The lowest BCUT2D eigenvalue weighted by Gasteiger charge is -2.27. The molecule has 30 heavy (non-hydrogen) atoms. The highest BCUT2D eigenvalue weighted by Gasteiger charge is 2.44. The maximum absolute atomic E-state index is 13.1. The molecule has 0 radical (unpaired) electrons. The highest BCUT2D eigenvalue weighted by atomic mass is 35.5. The number of hydrogen-bond donors (Lipinski definition) is 1. The van der Waals surface area contributed by atoms with Gasteiger partial charge in [-0.15, -0.1) is 0 Å². The Hall–Kier alpha value is -3.03. The normalized spacial score (nSPS) is 16.5. The minimum Gasteiger partial charge on any atom is -0.503 e. The minimum atomic E-state index is -0.859. The molecule has 7 nitrogen and oxygen atoms in total. The Balaban J connectivity index is 1.70. The molecule has 0 saturated heterocycles. The molecule has 1 N–H and O–H groups in total. The second-order valence-electron chi connectivity index (χ2n) is 6.79. The van der Waals surface area contributed by atoms with E-state index in [4.69, 9.17) is 27.6 Å². The van der Waals surface area contributed by atoms with Crippen molar-refractivity contribution in [2.24, 2.45) is 0 Å². The van der Waals surface area contributed by atoms with Crippen molar-refractivity contribution in [2.45, 2.75) is 19.0 Å². The summed E-state index contributed by atoms with van der Waals surface area (Å²) in [4.78, 5) is 31.4. The van der Waals surface area contributed by atoms with Crippen LogP contribution in [-0.4, -0.2) is 37.8 Å². The van der Waals surface area contributed by atoms with Gasteiger partial charge in [0.05, 0.1) is 24.2 Å². The third kappa shape index (κ3) is 3.74. The number of ketones is 1. The summed E-state index contributed by atoms with van der Waals surface area (Å²) in [6.07, 6.45) is 7.11. The van der Waals surface area contributed by atoms with Crippen molar-refractivity contribution < 1.29 is 19.1 Å². The van der Waals surface area contributed by atoms with Gasteiger partial charge in [0.1, 0.15) is 0 Å². The molecule has 1 amide bonds. The summed E-state index contributed by atoms with van der Waals surface area (Å²) in [5.74, 6) is -1.78. The number of rotatable bonds is 7. The maximum Gasteiger partial charge on any atom is 0.290 e. The summed E-state index contributed by atoms with van der Waals surface area (Å²) in [5, 5.41) is 11.3. The number of imidazole rings is 1. The molecule has 1 aromatic carbocycles. The smallest absolute Gasteiger partial charge is 0.290 e. The highest BCUT2D eigenvalue weighted by molar-refractivity contribution is 6.35. The number of aliphatic hydroxyl groups excluding tert-OH is 1. The molecule has 9 heteroatoms. The molecule has 154 valence electrons. The van der Waals surface area contributed by atoms with Gasteiger partial charge in [-0.05, 0) is 36.2 Å². The fraction of sp³-hybridized carbons (Fsp3) is 0.190. The van der Waals surface area contributed by atoms with Gasteiger partial charge in [-0.2, -0.15) is 0 Å². The number of aromatic nitrogens is 2. The van der Waals surface area contributed by atoms with E-state index >= 15 is 0 Å². The predicted molar refractivity (Wildman–Crippen MR) is 110 cm³/mol. The van der Waals surface area contributed by atoms with Gasteiger partial charge >= 0.3 is 0 Å². The van der Waals surface area contributed by atoms with Crippen molar-refractivity contribution in [1.29, 1.82) is 0 Å². The molecule has 0 saturated carbocycles. The first-order valence-corrected chi connectivity index (χ1v) is 9.96. The predicted octanol–water partition coefficient (Wildman–Crippen LogP) is 4.45. The summed E-state index contributed by atoms with van der Waals surface area (Å²) in [6, 6.07) is 7.00. The van der Waals surface area contributed by atoms with E-state index in [0.717, 1.165) is 0 Å². The van der Waals surface area contributed by atoms with Crippen LogP contribution in [0.1, 0.15) is 28.6 Å². The monoisotopic (exact) mass is 445 g/mol. The zero-order chi connectivity index (χ0) is 21.3. The number of benzene rings is 1. The molecule has 1 atom stereocenters. The van der Waals surface area contributed by atoms with E-state index in [1.54, 1.807) is 30.7 Å². The van der Waals surface area contributed by atoms with Gasteiger partial charge in [0.2, 0.25) is 5.78 Å². The quantitative estimate of drug-likeness (QED) is 0.542. The van der Waals surface area contributed by atoms with Crippen molar-refractivity contribution in [3.63, 3.8) is 0 Å². The SMILES string of the molecule is O=C(C1=C(O)C(=O)N(CCCn2ccnc2)C1c1ccc(Cl)cc1Cl)c1ccco1. The average Bonchev–Trinajstić information content (AvgIpc) is 3.46. The molecule has 0 fully saturated rings. The van der Waals surface area contributed by atoms with E-state index in [1.165, 1.54) is 23.3 Å². The summed E-state index contributed by atoms with van der Waals surface area (Å²) >= 11 is 12.4. The average molecular weight is 446 g/mol. The number of nitrogens with zero attached hydrogens (tertiary/aromatic N) is 3. The second-order valence-corrected chi connectivity index (χ2v) is 7.63. The number of furan rings is 1. The Morgan fingerprint density at radius 3 is 2.73 bits per heavy atom. The second kappa shape index (κ2) is 8.38. The topological polar surface area (TPSA) is 88.6 Å². The number of amides is 1. The molecule has 1 aliphatic heterocycles. The molecule has 0 aliphatic carbocycles. The van der Waals surface area contributed by atoms with Crippen LogP contribution in [-0.2, 0) is 11.3 Å². The molecule has 0 spiro atoms. The lowest BCUT2D eigenvalue weighted by Crippen LogP contribution is -2.32. The third-order valence-electron chi connectivity index (χ3n) is 4.92. The zero-order valence-corrected chi connectivity index (χ0v) is 17.2. The van der Waals surface area contributed by atoms with E-state index in [0.29, 0.717) is 35.1 Å². The Morgan fingerprint density at radius 1 is 1.23 bits per heavy atom. The van der Waals surface area contributed by atoms with Crippen molar-refractivity contribution in [3.05, 3.63) is 88.0 Å². The van der Waals surface area contributed by atoms with Crippen molar-refractivity contribution in [2.75, 3.05) is 6.54 Å². The van der Waals surface area contributed by atoms with E-state index in [2.05, 4.69) is 4.98 Å². The minimum absolute atomic E-state index is 0.0275. The molecule has 4 rings (SSSR count). The molecule has 1 aliphatic rings. The van der Waals surface area contributed by atoms with Gasteiger partial charge in [-0.1, -0.05) is 29.3 Å². The van der Waals surface area contributed by atoms with Crippen molar-refractivity contribution in [3.8, 4) is 0 Å². The van der Waals surface area contributed by atoms with Gasteiger partial charge in [-0.25, -0.2) is 4.98 Å². The standard InChI is InChI=1S/C21H17Cl2N3O4/c22-13-4-5-14(15(23)11-13)18-17(19(27)16-3-1-10-30-16)20(28)21(29)26(18)8-2-7-25-9-6-24-12-25/h1,3-6,9-12,18,28H,2,7-8H2. The molecule has 2 aromatic heterocycles. The first-order valence-electron chi connectivity index (χ1n) is 9.20. The van der Waals surface area contributed by atoms with Gasteiger partial charge < -0.3 is 19.0 Å². The number of aliphatic hydroxyl groups is 1. The van der Waals surface area contributed by atoms with E-state index in [1.807, 2.05) is 10.8 Å². The Labute approximate surface area is 182 Å². The van der Waals surface area contributed by atoms with Crippen LogP contribution in [0.3, 0.4) is 0 Å². The summed E-state index contributed by atoms with van der Waals surface area (Å²) in [5.41, 5.74) is 0.429. The Morgan fingerprint density at radius 2 is 2.07 bits per heavy atom. The lowest BCUT2D eigenvalue weighted by atomic mass is 9.95. The van der Waals surface area contributed by atoms with Crippen LogP contribution in [0.15, 0.2) is 71.1 Å². The maximum atomic E-state index is 13.1. The highest BCUT2D eigenvalue weighted by Crippen LogP contribution is 2.42. The molecule has 3 heterocycles. The van der Waals surface area contributed by atoms with Gasteiger partial charge in [0, 0.05) is 35.5 Å². The van der Waals surface area contributed by atoms with E-state index in [-0.39, 0.29) is 11.3 Å². The Bertz CT molecular complexity index is 1110. The Kier molecular flexibility index (Phi) is 5.65. The lowest BCUT2D eigenvalue weighted by molar-refractivity contribution is -0.129. The van der Waals surface area contributed by atoms with Crippen LogP contribution in [0.4, 0.5) is 0 Å². The first-order chi connectivity index (χ1) is 14.5. The van der Waals surface area contributed by atoms with Crippen LogP contribution in [0.5, 0.6) is 0 Å². The number of halogens is 2. The largest absolute Gasteiger partial charge is 0.503 e. The number of carbonyl (C=O) groups excluding carboxylic acids is 2. The third-order valence-corrected chi connectivity index (χ3v) is 5.49. The number of hydrogen-bond acceptors (Lipinski definition) is 5. The van der Waals surface area contributed by atoms with Crippen LogP contribution in [0.2, 0.25) is 10.0 Å².